The molecular formula is C23H28N2O3. The Morgan fingerprint density at radius 2 is 1.82 bits per heavy atom. The molecule has 2 aromatic rings. The number of nitrogens with one attached hydrogen (secondary N) is 1. The smallest absolute Gasteiger partial charge is 0.252 e. The second kappa shape index (κ2) is 9.40. The fraction of sp³-hybridized carbons (Fsp3) is 0.391. The number of hydrogen-bond donors (Lipinski definition) is 1. The van der Waals surface area contributed by atoms with Crippen LogP contribution in [0.3, 0.4) is 0 Å². The second-order valence-electron chi connectivity index (χ2n) is 7.39. The number of hydrogen-bond acceptors (Lipinski definition) is 3. The Bertz CT molecular complexity index is 799. The number of carbonyl (C=O) groups excluding carboxylic acids is 2. The summed E-state index contributed by atoms with van der Waals surface area (Å²) in [4.78, 5) is 27.0. The van der Waals surface area contributed by atoms with Crippen molar-refractivity contribution in [2.45, 2.75) is 32.2 Å². The number of benzene rings is 2. The number of ether oxygens (including phenoxy) is 1. The number of likely N-dealkylation sites (tertiary alicyclic amines) is 1. The third-order valence-electron chi connectivity index (χ3n) is 5.34. The molecule has 0 aromatic heterocycles. The average Bonchev–Trinajstić information content (AvgIpc) is 2.74. The third kappa shape index (κ3) is 5.12. The highest BCUT2D eigenvalue weighted by Gasteiger charge is 2.27. The maximum absolute atomic E-state index is 12.7. The van der Waals surface area contributed by atoms with Crippen LogP contribution in [0.1, 0.15) is 35.7 Å². The van der Waals surface area contributed by atoms with E-state index in [1.807, 2.05) is 11.0 Å². The maximum Gasteiger partial charge on any atom is 0.252 e. The largest absolute Gasteiger partial charge is 0.497 e. The lowest BCUT2D eigenvalue weighted by molar-refractivity contribution is -0.134. The van der Waals surface area contributed by atoms with E-state index in [9.17, 15) is 9.59 Å². The number of carbonyl (C=O) groups is 2. The van der Waals surface area contributed by atoms with E-state index in [4.69, 9.17) is 4.74 Å². The molecule has 0 unspecified atom stereocenters. The Morgan fingerprint density at radius 1 is 1.11 bits per heavy atom. The number of piperidine rings is 1. The van der Waals surface area contributed by atoms with E-state index in [1.165, 1.54) is 5.56 Å². The van der Waals surface area contributed by atoms with E-state index >= 15 is 0 Å². The topological polar surface area (TPSA) is 58.6 Å². The van der Waals surface area contributed by atoms with Crippen molar-refractivity contribution in [2.75, 3.05) is 20.2 Å². The molecule has 148 valence electrons. The maximum atomic E-state index is 12.7. The van der Waals surface area contributed by atoms with Crippen molar-refractivity contribution in [1.29, 1.82) is 0 Å². The van der Waals surface area contributed by atoms with Crippen LogP contribution < -0.4 is 10.1 Å². The van der Waals surface area contributed by atoms with Gasteiger partial charge in [0.1, 0.15) is 11.8 Å². The summed E-state index contributed by atoms with van der Waals surface area (Å²) in [7, 11) is 1.56. The van der Waals surface area contributed by atoms with Gasteiger partial charge in [-0.15, -0.1) is 0 Å². The van der Waals surface area contributed by atoms with Crippen molar-refractivity contribution in [3.63, 3.8) is 0 Å². The predicted molar refractivity (Wildman–Crippen MR) is 109 cm³/mol. The summed E-state index contributed by atoms with van der Waals surface area (Å²) in [5.74, 6) is 0.938. The highest BCUT2D eigenvalue weighted by molar-refractivity contribution is 5.97. The first kappa shape index (κ1) is 19.9. The van der Waals surface area contributed by atoms with Crippen molar-refractivity contribution < 1.29 is 14.3 Å². The standard InChI is InChI=1S/C23H28N2O3/c1-17(24-22(26)20-9-6-10-21(16-20)28-2)23(27)25-13-11-19(12-14-25)15-18-7-4-3-5-8-18/h3-10,16-17,19H,11-15H2,1-2H3,(H,24,26)/t17-/m0/s1. The molecular weight excluding hydrogens is 352 g/mol. The lowest BCUT2D eigenvalue weighted by Gasteiger charge is -2.33. The molecule has 1 saturated heterocycles. The first-order valence-electron chi connectivity index (χ1n) is 9.84. The van der Waals surface area contributed by atoms with E-state index in [2.05, 4.69) is 29.6 Å². The average molecular weight is 380 g/mol. The van der Waals surface area contributed by atoms with Gasteiger partial charge in [0.2, 0.25) is 5.91 Å². The van der Waals surface area contributed by atoms with Crippen molar-refractivity contribution >= 4 is 11.8 Å². The molecule has 1 fully saturated rings. The zero-order valence-corrected chi connectivity index (χ0v) is 16.6. The molecule has 1 aliphatic rings. The molecule has 28 heavy (non-hydrogen) atoms. The quantitative estimate of drug-likeness (QED) is 0.837. The van der Waals surface area contributed by atoms with Gasteiger partial charge in [0, 0.05) is 18.7 Å². The van der Waals surface area contributed by atoms with Crippen molar-refractivity contribution in [1.82, 2.24) is 10.2 Å². The number of rotatable bonds is 6. The van der Waals surface area contributed by atoms with Crippen LogP contribution in [-0.2, 0) is 11.2 Å². The zero-order valence-electron chi connectivity index (χ0n) is 16.6. The normalized spacial score (nSPS) is 15.7. The summed E-state index contributed by atoms with van der Waals surface area (Å²) in [6.45, 7) is 3.24. The molecule has 1 aliphatic heterocycles. The molecule has 0 radical (unpaired) electrons. The van der Waals surface area contributed by atoms with Crippen LogP contribution in [0.5, 0.6) is 5.75 Å². The lowest BCUT2D eigenvalue weighted by Crippen LogP contribution is -2.49. The van der Waals surface area contributed by atoms with E-state index in [0.29, 0.717) is 17.2 Å². The van der Waals surface area contributed by atoms with Crippen LogP contribution >= 0.6 is 0 Å². The minimum absolute atomic E-state index is 0.0191. The van der Waals surface area contributed by atoms with E-state index < -0.39 is 6.04 Å². The van der Waals surface area contributed by atoms with Crippen molar-refractivity contribution in [2.24, 2.45) is 5.92 Å². The summed E-state index contributed by atoms with van der Waals surface area (Å²) in [5.41, 5.74) is 1.84. The van der Waals surface area contributed by atoms with Gasteiger partial charge in [-0.25, -0.2) is 0 Å². The minimum atomic E-state index is -0.552. The summed E-state index contributed by atoms with van der Waals surface area (Å²) in [5, 5.41) is 2.81. The minimum Gasteiger partial charge on any atom is -0.497 e. The number of methoxy groups -OCH3 is 1. The Labute approximate surface area is 166 Å². The van der Waals surface area contributed by atoms with Gasteiger partial charge >= 0.3 is 0 Å². The molecule has 0 saturated carbocycles. The molecule has 2 aromatic carbocycles. The highest BCUT2D eigenvalue weighted by atomic mass is 16.5. The fourth-order valence-electron chi connectivity index (χ4n) is 3.68. The summed E-state index contributed by atoms with van der Waals surface area (Å²) < 4.78 is 5.15. The number of amides is 2. The SMILES string of the molecule is COc1cccc(C(=O)N[C@@H](C)C(=O)N2CCC(Cc3ccccc3)CC2)c1. The molecule has 1 heterocycles. The van der Waals surface area contributed by atoms with E-state index in [0.717, 1.165) is 32.4 Å². The van der Waals surface area contributed by atoms with Crippen LogP contribution in [0, 0.1) is 5.92 Å². The third-order valence-corrected chi connectivity index (χ3v) is 5.34. The van der Waals surface area contributed by atoms with Crippen LogP contribution in [-0.4, -0.2) is 43.0 Å². The molecule has 1 N–H and O–H groups in total. The van der Waals surface area contributed by atoms with Gasteiger partial charge in [0.25, 0.3) is 5.91 Å². The molecule has 5 nitrogen and oxygen atoms in total. The Kier molecular flexibility index (Phi) is 6.69. The molecule has 0 bridgehead atoms. The predicted octanol–water partition coefficient (Wildman–Crippen LogP) is 3.29. The molecule has 1 atom stereocenters. The van der Waals surface area contributed by atoms with Gasteiger partial charge in [0.05, 0.1) is 7.11 Å². The molecule has 3 rings (SSSR count). The second-order valence-corrected chi connectivity index (χ2v) is 7.39. The Morgan fingerprint density at radius 3 is 2.50 bits per heavy atom. The van der Waals surface area contributed by atoms with Gasteiger partial charge < -0.3 is 15.0 Å². The van der Waals surface area contributed by atoms with Crippen molar-refractivity contribution in [3.8, 4) is 5.75 Å². The van der Waals surface area contributed by atoms with E-state index in [1.54, 1.807) is 38.3 Å². The first-order valence-corrected chi connectivity index (χ1v) is 9.84. The Hall–Kier alpha value is -2.82. The number of nitrogens with zero attached hydrogens (tertiary/aromatic N) is 1. The lowest BCUT2D eigenvalue weighted by atomic mass is 9.90. The molecule has 5 heteroatoms. The molecule has 0 aliphatic carbocycles. The summed E-state index contributed by atoms with van der Waals surface area (Å²) in [6.07, 6.45) is 3.05. The van der Waals surface area contributed by atoms with Gasteiger partial charge in [-0.1, -0.05) is 36.4 Å². The monoisotopic (exact) mass is 380 g/mol. The van der Waals surface area contributed by atoms with Crippen LogP contribution in [0.25, 0.3) is 0 Å². The van der Waals surface area contributed by atoms with Crippen LogP contribution in [0.2, 0.25) is 0 Å². The fourth-order valence-corrected chi connectivity index (χ4v) is 3.68. The van der Waals surface area contributed by atoms with Crippen molar-refractivity contribution in [3.05, 3.63) is 65.7 Å². The highest BCUT2D eigenvalue weighted by Crippen LogP contribution is 2.22. The Balaban J connectivity index is 1.49. The molecule has 2 amide bonds. The van der Waals surface area contributed by atoms with Gasteiger partial charge in [-0.3, -0.25) is 9.59 Å². The first-order chi connectivity index (χ1) is 13.6. The van der Waals surface area contributed by atoms with Crippen LogP contribution in [0.4, 0.5) is 0 Å². The van der Waals surface area contributed by atoms with Gasteiger partial charge in [0.15, 0.2) is 0 Å². The summed E-state index contributed by atoms with van der Waals surface area (Å²) >= 11 is 0. The summed E-state index contributed by atoms with van der Waals surface area (Å²) in [6, 6.07) is 16.9. The van der Waals surface area contributed by atoms with E-state index in [-0.39, 0.29) is 11.8 Å². The van der Waals surface area contributed by atoms with Gasteiger partial charge in [-0.05, 0) is 55.9 Å². The molecule has 0 spiro atoms. The zero-order chi connectivity index (χ0) is 19.9. The van der Waals surface area contributed by atoms with Gasteiger partial charge in [-0.2, -0.15) is 0 Å². The van der Waals surface area contributed by atoms with Crippen LogP contribution in [0.15, 0.2) is 54.6 Å².